The first-order valence-corrected chi connectivity index (χ1v) is 9.53. The van der Waals surface area contributed by atoms with Gasteiger partial charge in [0.2, 0.25) is 5.91 Å². The zero-order valence-corrected chi connectivity index (χ0v) is 15.4. The summed E-state index contributed by atoms with van der Waals surface area (Å²) in [5.41, 5.74) is 8.70. The Balaban J connectivity index is 1.77. The van der Waals surface area contributed by atoms with Crippen molar-refractivity contribution < 1.29 is 4.79 Å². The van der Waals surface area contributed by atoms with E-state index >= 15 is 0 Å². The summed E-state index contributed by atoms with van der Waals surface area (Å²) in [6, 6.07) is 9.17. The van der Waals surface area contributed by atoms with Gasteiger partial charge in [-0.05, 0) is 54.7 Å². The predicted octanol–water partition coefficient (Wildman–Crippen LogP) is 4.02. The second kappa shape index (κ2) is 6.87. The molecule has 3 rings (SSSR count). The Hall–Kier alpha value is -1.35. The predicted molar refractivity (Wildman–Crippen MR) is 98.7 cm³/mol. The zero-order chi connectivity index (χ0) is 17.3. The van der Waals surface area contributed by atoms with Crippen molar-refractivity contribution in [3.05, 3.63) is 35.4 Å². The van der Waals surface area contributed by atoms with Crippen molar-refractivity contribution in [3.63, 3.8) is 0 Å². The van der Waals surface area contributed by atoms with E-state index in [1.54, 1.807) is 0 Å². The van der Waals surface area contributed by atoms with Crippen LogP contribution in [0.4, 0.5) is 0 Å². The zero-order valence-electron chi connectivity index (χ0n) is 15.4. The fraction of sp³-hybridized carbons (Fsp3) is 0.667. The van der Waals surface area contributed by atoms with Gasteiger partial charge in [0.05, 0.1) is 6.04 Å². The first-order valence-electron chi connectivity index (χ1n) is 9.53. The third-order valence-electron chi connectivity index (χ3n) is 5.98. The van der Waals surface area contributed by atoms with E-state index in [2.05, 4.69) is 49.9 Å². The Morgan fingerprint density at radius 2 is 1.83 bits per heavy atom. The van der Waals surface area contributed by atoms with Gasteiger partial charge in [-0.25, -0.2) is 0 Å². The van der Waals surface area contributed by atoms with Crippen LogP contribution in [-0.4, -0.2) is 23.9 Å². The van der Waals surface area contributed by atoms with Crippen molar-refractivity contribution in [1.29, 1.82) is 0 Å². The third kappa shape index (κ3) is 3.37. The van der Waals surface area contributed by atoms with Crippen LogP contribution in [-0.2, 0) is 10.2 Å². The number of hydrogen-bond acceptors (Lipinski definition) is 2. The molecule has 24 heavy (non-hydrogen) atoms. The molecular formula is C21H32N2O. The van der Waals surface area contributed by atoms with E-state index in [0.717, 1.165) is 38.6 Å². The number of hydrogen-bond donors (Lipinski definition) is 1. The van der Waals surface area contributed by atoms with Gasteiger partial charge in [0.1, 0.15) is 0 Å². The molecule has 3 heteroatoms. The van der Waals surface area contributed by atoms with Crippen molar-refractivity contribution in [1.82, 2.24) is 4.90 Å². The van der Waals surface area contributed by atoms with Crippen LogP contribution in [0.1, 0.15) is 70.0 Å². The normalized spacial score (nSPS) is 27.7. The lowest BCUT2D eigenvalue weighted by Crippen LogP contribution is -2.38. The van der Waals surface area contributed by atoms with Crippen LogP contribution in [0.25, 0.3) is 0 Å². The molecule has 1 aromatic carbocycles. The maximum Gasteiger partial charge on any atom is 0.226 e. The second-order valence-electron chi connectivity index (χ2n) is 8.59. The van der Waals surface area contributed by atoms with Crippen molar-refractivity contribution in [2.45, 2.75) is 64.3 Å². The van der Waals surface area contributed by atoms with Gasteiger partial charge in [-0.3, -0.25) is 4.79 Å². The largest absolute Gasteiger partial charge is 0.335 e. The first-order chi connectivity index (χ1) is 11.4. The molecule has 1 saturated carbocycles. The summed E-state index contributed by atoms with van der Waals surface area (Å²) in [4.78, 5) is 15.2. The summed E-state index contributed by atoms with van der Waals surface area (Å²) in [6.45, 7) is 8.26. The minimum atomic E-state index is 0.157. The molecule has 0 spiro atoms. The van der Waals surface area contributed by atoms with Crippen molar-refractivity contribution in [2.24, 2.45) is 17.6 Å². The molecule has 132 valence electrons. The van der Waals surface area contributed by atoms with E-state index in [-0.39, 0.29) is 17.4 Å². The van der Waals surface area contributed by atoms with Gasteiger partial charge in [-0.1, -0.05) is 51.5 Å². The summed E-state index contributed by atoms with van der Waals surface area (Å²) >= 11 is 0. The maximum atomic E-state index is 13.1. The molecule has 2 aliphatic rings. The number of likely N-dealkylation sites (tertiary alicyclic amines) is 1. The molecule has 0 bridgehead atoms. The van der Waals surface area contributed by atoms with E-state index in [9.17, 15) is 4.79 Å². The van der Waals surface area contributed by atoms with Crippen molar-refractivity contribution in [3.8, 4) is 0 Å². The number of rotatable bonds is 3. The fourth-order valence-corrected chi connectivity index (χ4v) is 4.44. The highest BCUT2D eigenvalue weighted by Crippen LogP contribution is 2.38. The van der Waals surface area contributed by atoms with Crippen LogP contribution in [0.5, 0.6) is 0 Å². The van der Waals surface area contributed by atoms with E-state index in [1.165, 1.54) is 11.1 Å². The molecule has 1 aliphatic heterocycles. The molecule has 1 aliphatic carbocycles. The van der Waals surface area contributed by atoms with Crippen molar-refractivity contribution in [2.75, 3.05) is 13.1 Å². The molecule has 1 heterocycles. The van der Waals surface area contributed by atoms with Crippen LogP contribution < -0.4 is 5.73 Å². The Kier molecular flexibility index (Phi) is 5.00. The summed E-state index contributed by atoms with van der Waals surface area (Å²) in [5, 5.41) is 0. The van der Waals surface area contributed by atoms with Crippen LogP contribution in [0.2, 0.25) is 0 Å². The quantitative estimate of drug-likeness (QED) is 0.911. The average molecular weight is 328 g/mol. The molecular weight excluding hydrogens is 296 g/mol. The highest BCUT2D eigenvalue weighted by atomic mass is 16.2. The highest BCUT2D eigenvalue weighted by Gasteiger charge is 2.39. The van der Waals surface area contributed by atoms with E-state index < -0.39 is 0 Å². The smallest absolute Gasteiger partial charge is 0.226 e. The lowest BCUT2D eigenvalue weighted by molar-refractivity contribution is -0.137. The average Bonchev–Trinajstić information content (AvgIpc) is 3.22. The molecule has 3 atom stereocenters. The summed E-state index contributed by atoms with van der Waals surface area (Å²) in [7, 11) is 0. The SMILES string of the molecule is CC(C)(C)c1ccc(C2CCCN2C(=O)[C@@H]2CCC[C@@H]2CN)cc1. The highest BCUT2D eigenvalue weighted by molar-refractivity contribution is 5.80. The number of carbonyl (C=O) groups excluding carboxylic acids is 1. The molecule has 1 aromatic rings. The van der Waals surface area contributed by atoms with E-state index in [0.29, 0.717) is 18.4 Å². The fourth-order valence-electron chi connectivity index (χ4n) is 4.44. The summed E-state index contributed by atoms with van der Waals surface area (Å²) in [5.74, 6) is 0.900. The van der Waals surface area contributed by atoms with Gasteiger partial charge < -0.3 is 10.6 Å². The number of carbonyl (C=O) groups is 1. The summed E-state index contributed by atoms with van der Waals surface area (Å²) in [6.07, 6.45) is 5.48. The number of nitrogens with zero attached hydrogens (tertiary/aromatic N) is 1. The molecule has 1 saturated heterocycles. The molecule has 1 unspecified atom stereocenters. The van der Waals surface area contributed by atoms with Gasteiger partial charge in [-0.15, -0.1) is 0 Å². The van der Waals surface area contributed by atoms with E-state index in [1.807, 2.05) is 0 Å². The third-order valence-corrected chi connectivity index (χ3v) is 5.98. The molecule has 3 nitrogen and oxygen atoms in total. The second-order valence-corrected chi connectivity index (χ2v) is 8.59. The molecule has 0 aromatic heterocycles. The van der Waals surface area contributed by atoms with Gasteiger partial charge in [0.25, 0.3) is 0 Å². The lowest BCUT2D eigenvalue weighted by Gasteiger charge is -2.30. The molecule has 2 fully saturated rings. The lowest BCUT2D eigenvalue weighted by atomic mass is 9.86. The van der Waals surface area contributed by atoms with Crippen molar-refractivity contribution >= 4 is 5.91 Å². The van der Waals surface area contributed by atoms with Crippen LogP contribution >= 0.6 is 0 Å². The standard InChI is InChI=1S/C21H32N2O/c1-21(2,3)17-11-9-15(10-12-17)19-8-5-13-23(19)20(24)18-7-4-6-16(18)14-22/h9-12,16,18-19H,4-8,13-14,22H2,1-3H3/t16-,18-,19?/m1/s1. The minimum absolute atomic E-state index is 0.157. The Labute approximate surface area is 146 Å². The number of benzene rings is 1. The minimum Gasteiger partial charge on any atom is -0.335 e. The molecule has 1 amide bonds. The Morgan fingerprint density at radius 3 is 2.46 bits per heavy atom. The Morgan fingerprint density at radius 1 is 1.12 bits per heavy atom. The Bertz CT molecular complexity index is 572. The van der Waals surface area contributed by atoms with E-state index in [4.69, 9.17) is 5.73 Å². The van der Waals surface area contributed by atoms with Gasteiger partial charge >= 0.3 is 0 Å². The monoisotopic (exact) mass is 328 g/mol. The first kappa shape index (κ1) is 17.5. The molecule has 0 radical (unpaired) electrons. The topological polar surface area (TPSA) is 46.3 Å². The van der Waals surface area contributed by atoms with Gasteiger partial charge in [-0.2, -0.15) is 0 Å². The van der Waals surface area contributed by atoms with Crippen LogP contribution in [0.3, 0.4) is 0 Å². The maximum absolute atomic E-state index is 13.1. The van der Waals surface area contributed by atoms with Gasteiger partial charge in [0, 0.05) is 12.5 Å². The van der Waals surface area contributed by atoms with Gasteiger partial charge in [0.15, 0.2) is 0 Å². The number of amides is 1. The van der Waals surface area contributed by atoms with Crippen LogP contribution in [0, 0.1) is 11.8 Å². The number of nitrogens with two attached hydrogens (primary N) is 1. The summed E-state index contributed by atoms with van der Waals surface area (Å²) < 4.78 is 0. The van der Waals surface area contributed by atoms with Crippen LogP contribution in [0.15, 0.2) is 24.3 Å². The molecule has 2 N–H and O–H groups in total.